The summed E-state index contributed by atoms with van der Waals surface area (Å²) in [5, 5.41) is 12.8. The minimum atomic E-state index is -4.16. The molecular formula is C13H25F3N2O. The van der Waals surface area contributed by atoms with Crippen LogP contribution in [0.15, 0.2) is 0 Å². The maximum absolute atomic E-state index is 12.4. The lowest BCUT2D eigenvalue weighted by Crippen LogP contribution is -2.49. The van der Waals surface area contributed by atoms with Crippen molar-refractivity contribution in [3.63, 3.8) is 0 Å². The van der Waals surface area contributed by atoms with E-state index < -0.39 is 18.3 Å². The lowest BCUT2D eigenvalue weighted by molar-refractivity contribution is -0.146. The van der Waals surface area contributed by atoms with Crippen molar-refractivity contribution >= 4 is 0 Å². The maximum atomic E-state index is 12.4. The minimum absolute atomic E-state index is 0.0461. The Balaban J connectivity index is 2.43. The molecule has 1 aliphatic rings. The molecule has 0 spiro atoms. The molecule has 0 aromatic carbocycles. The minimum Gasteiger partial charge on any atom is -0.394 e. The van der Waals surface area contributed by atoms with Gasteiger partial charge in [-0.05, 0) is 39.2 Å². The van der Waals surface area contributed by atoms with E-state index in [0.717, 1.165) is 12.8 Å². The molecule has 1 atom stereocenters. The van der Waals surface area contributed by atoms with E-state index in [1.165, 1.54) is 4.90 Å². The second-order valence-electron chi connectivity index (χ2n) is 5.78. The highest BCUT2D eigenvalue weighted by atomic mass is 19.4. The lowest BCUT2D eigenvalue weighted by atomic mass is 9.98. The van der Waals surface area contributed by atoms with Gasteiger partial charge in [0.05, 0.1) is 13.2 Å². The Hall–Kier alpha value is -0.330. The average molecular weight is 282 g/mol. The van der Waals surface area contributed by atoms with Gasteiger partial charge in [0.15, 0.2) is 0 Å². The highest BCUT2D eigenvalue weighted by Crippen LogP contribution is 2.24. The van der Waals surface area contributed by atoms with E-state index in [1.807, 2.05) is 13.8 Å². The van der Waals surface area contributed by atoms with Crippen molar-refractivity contribution in [2.24, 2.45) is 0 Å². The molecular weight excluding hydrogens is 257 g/mol. The van der Waals surface area contributed by atoms with Gasteiger partial charge in [0.2, 0.25) is 0 Å². The third-order valence-electron chi connectivity index (χ3n) is 3.40. The lowest BCUT2D eigenvalue weighted by Gasteiger charge is -2.32. The van der Waals surface area contributed by atoms with Crippen LogP contribution in [0.3, 0.4) is 0 Å². The van der Waals surface area contributed by atoms with E-state index in [4.69, 9.17) is 0 Å². The largest absolute Gasteiger partial charge is 0.401 e. The van der Waals surface area contributed by atoms with E-state index in [2.05, 4.69) is 5.32 Å². The third-order valence-corrected chi connectivity index (χ3v) is 3.40. The molecule has 1 fully saturated rings. The van der Waals surface area contributed by atoms with Gasteiger partial charge in [-0.25, -0.2) is 0 Å². The molecule has 0 amide bonds. The molecule has 3 nitrogen and oxygen atoms in total. The topological polar surface area (TPSA) is 35.5 Å². The quantitative estimate of drug-likeness (QED) is 0.680. The first-order valence-corrected chi connectivity index (χ1v) is 6.95. The van der Waals surface area contributed by atoms with Crippen LogP contribution in [0.1, 0.15) is 39.5 Å². The summed E-state index contributed by atoms with van der Waals surface area (Å²) in [5.74, 6) is 0. The number of rotatable bonds is 9. The first-order valence-electron chi connectivity index (χ1n) is 6.95. The molecule has 0 radical (unpaired) electrons. The molecule has 1 rings (SSSR count). The van der Waals surface area contributed by atoms with Gasteiger partial charge >= 0.3 is 6.18 Å². The van der Waals surface area contributed by atoms with Crippen LogP contribution in [0, 0.1) is 0 Å². The smallest absolute Gasteiger partial charge is 0.394 e. The van der Waals surface area contributed by atoms with Crippen LogP contribution in [0.5, 0.6) is 0 Å². The fraction of sp³-hybridized carbons (Fsp3) is 1.00. The Morgan fingerprint density at radius 1 is 1.26 bits per heavy atom. The van der Waals surface area contributed by atoms with Crippen molar-refractivity contribution in [1.29, 1.82) is 0 Å². The Morgan fingerprint density at radius 2 is 1.89 bits per heavy atom. The highest BCUT2D eigenvalue weighted by Gasteiger charge is 2.34. The predicted octanol–water partition coefficient (Wildman–Crippen LogP) is 2.15. The van der Waals surface area contributed by atoms with Crippen LogP contribution in [-0.4, -0.2) is 54.0 Å². The molecule has 0 saturated heterocycles. The zero-order valence-corrected chi connectivity index (χ0v) is 11.8. The van der Waals surface area contributed by atoms with Gasteiger partial charge in [0.1, 0.15) is 0 Å². The van der Waals surface area contributed by atoms with Crippen LogP contribution in [0.25, 0.3) is 0 Å². The van der Waals surface area contributed by atoms with Crippen molar-refractivity contribution < 1.29 is 18.3 Å². The summed E-state index contributed by atoms with van der Waals surface area (Å²) in [7, 11) is 0. The number of aliphatic hydroxyl groups is 1. The molecule has 0 bridgehead atoms. The van der Waals surface area contributed by atoms with Crippen LogP contribution < -0.4 is 5.32 Å². The summed E-state index contributed by atoms with van der Waals surface area (Å²) < 4.78 is 37.3. The first-order chi connectivity index (χ1) is 8.78. The normalized spacial score (nSPS) is 19.7. The molecule has 1 saturated carbocycles. The van der Waals surface area contributed by atoms with Crippen molar-refractivity contribution in [2.75, 3.05) is 26.2 Å². The summed E-state index contributed by atoms with van der Waals surface area (Å²) in [4.78, 5) is 1.42. The van der Waals surface area contributed by atoms with Gasteiger partial charge in [-0.15, -0.1) is 0 Å². The van der Waals surface area contributed by atoms with Gasteiger partial charge in [-0.1, -0.05) is 6.92 Å². The second kappa shape index (κ2) is 6.90. The van der Waals surface area contributed by atoms with Crippen molar-refractivity contribution in [3.05, 3.63) is 0 Å². The molecule has 19 heavy (non-hydrogen) atoms. The Morgan fingerprint density at radius 3 is 2.32 bits per heavy atom. The third kappa shape index (κ3) is 7.13. The van der Waals surface area contributed by atoms with Crippen molar-refractivity contribution in [2.45, 2.75) is 57.3 Å². The number of nitrogens with zero attached hydrogens (tertiary/aromatic N) is 1. The summed E-state index contributed by atoms with van der Waals surface area (Å²) in [6, 6.07) is 0.430. The monoisotopic (exact) mass is 282 g/mol. The van der Waals surface area contributed by atoms with E-state index >= 15 is 0 Å². The molecule has 0 aliphatic heterocycles. The van der Waals surface area contributed by atoms with Gasteiger partial charge < -0.3 is 10.4 Å². The molecule has 6 heteroatoms. The average Bonchev–Trinajstić information content (AvgIpc) is 3.08. The molecule has 114 valence electrons. The highest BCUT2D eigenvalue weighted by molar-refractivity contribution is 4.92. The van der Waals surface area contributed by atoms with Crippen LogP contribution in [0.4, 0.5) is 13.2 Å². The van der Waals surface area contributed by atoms with Gasteiger partial charge in [-0.3, -0.25) is 4.90 Å². The summed E-state index contributed by atoms with van der Waals surface area (Å²) in [5.41, 5.74) is -0.473. The zero-order chi connectivity index (χ0) is 14.5. The van der Waals surface area contributed by atoms with E-state index in [0.29, 0.717) is 32.0 Å². The summed E-state index contributed by atoms with van der Waals surface area (Å²) >= 11 is 0. The van der Waals surface area contributed by atoms with Crippen molar-refractivity contribution in [3.8, 4) is 0 Å². The first kappa shape index (κ1) is 16.7. The van der Waals surface area contributed by atoms with Crippen molar-refractivity contribution in [1.82, 2.24) is 10.2 Å². The number of nitrogens with one attached hydrogen (secondary N) is 1. The standard InChI is InChI=1S/C13H25F3N2O/c1-3-7-18(9-13(14,15)16)8-6-12(2,10-19)17-11-4-5-11/h11,17,19H,3-10H2,1-2H3. The molecule has 0 aromatic heterocycles. The van der Waals surface area contributed by atoms with E-state index in [9.17, 15) is 18.3 Å². The number of alkyl halides is 3. The van der Waals surface area contributed by atoms with Crippen LogP contribution in [-0.2, 0) is 0 Å². The fourth-order valence-electron chi connectivity index (χ4n) is 2.16. The Labute approximate surface area is 113 Å². The molecule has 2 N–H and O–H groups in total. The molecule has 0 heterocycles. The predicted molar refractivity (Wildman–Crippen MR) is 69.1 cm³/mol. The van der Waals surface area contributed by atoms with Gasteiger partial charge in [0, 0.05) is 18.1 Å². The maximum Gasteiger partial charge on any atom is 0.401 e. The molecule has 1 aliphatic carbocycles. The fourth-order valence-corrected chi connectivity index (χ4v) is 2.16. The summed E-state index contributed by atoms with van der Waals surface area (Å²) in [6.45, 7) is 3.62. The van der Waals surface area contributed by atoms with E-state index in [1.54, 1.807) is 0 Å². The number of aliphatic hydroxyl groups excluding tert-OH is 1. The van der Waals surface area contributed by atoms with Gasteiger partial charge in [-0.2, -0.15) is 13.2 Å². The zero-order valence-electron chi connectivity index (χ0n) is 11.8. The number of hydrogen-bond acceptors (Lipinski definition) is 3. The molecule has 1 unspecified atom stereocenters. The van der Waals surface area contributed by atoms with E-state index in [-0.39, 0.29) is 6.61 Å². The Kier molecular flexibility index (Phi) is 6.08. The molecule has 0 aromatic rings. The summed E-state index contributed by atoms with van der Waals surface area (Å²) in [6.07, 6.45) is -0.750. The second-order valence-corrected chi connectivity index (χ2v) is 5.78. The van der Waals surface area contributed by atoms with Gasteiger partial charge in [0.25, 0.3) is 0 Å². The SMILES string of the molecule is CCCN(CCC(C)(CO)NC1CC1)CC(F)(F)F. The van der Waals surface area contributed by atoms with Crippen LogP contribution in [0.2, 0.25) is 0 Å². The Bertz CT molecular complexity index is 269. The van der Waals surface area contributed by atoms with Crippen LogP contribution >= 0.6 is 0 Å². The number of halogens is 3. The number of hydrogen-bond donors (Lipinski definition) is 2.